The van der Waals surface area contributed by atoms with Crippen molar-refractivity contribution in [3.63, 3.8) is 0 Å². The van der Waals surface area contributed by atoms with Gasteiger partial charge in [0.15, 0.2) is 0 Å². The molecule has 4 rings (SSSR count). The fourth-order valence-electron chi connectivity index (χ4n) is 4.73. The maximum atomic E-state index is 12.1. The summed E-state index contributed by atoms with van der Waals surface area (Å²) in [7, 11) is 0. The molecule has 2 atom stereocenters. The minimum absolute atomic E-state index is 0. The average Bonchev–Trinajstić information content (AvgIpc) is 2.22. The van der Waals surface area contributed by atoms with E-state index in [4.69, 9.17) is 4.74 Å². The van der Waals surface area contributed by atoms with Gasteiger partial charge in [-0.3, -0.25) is 4.79 Å². The Morgan fingerprint density at radius 2 is 1.84 bits per heavy atom. The predicted octanol–water partition coefficient (Wildman–Crippen LogP) is -0.707. The zero-order valence-electron chi connectivity index (χ0n) is 11.1. The van der Waals surface area contributed by atoms with Crippen molar-refractivity contribution in [2.45, 2.75) is 44.1 Å². The van der Waals surface area contributed by atoms with Crippen LogP contribution in [0.15, 0.2) is 0 Å². The number of aliphatic hydroxyl groups is 1. The van der Waals surface area contributed by atoms with E-state index in [0.29, 0.717) is 31.1 Å². The summed E-state index contributed by atoms with van der Waals surface area (Å²) in [5, 5.41) is 10.4. The third kappa shape index (κ3) is 2.85. The van der Waals surface area contributed by atoms with Crippen LogP contribution in [0.5, 0.6) is 0 Å². The summed E-state index contributed by atoms with van der Waals surface area (Å²) in [6.07, 6.45) is 2.45. The number of carbonyl (C=O) groups is 1. The van der Waals surface area contributed by atoms with Crippen LogP contribution in [0.4, 0.5) is 8.78 Å². The molecule has 102 valence electrons. The summed E-state index contributed by atoms with van der Waals surface area (Å²) in [6, 6.07) is 0. The molecule has 0 aliphatic heterocycles. The Kier molecular flexibility index (Phi) is 4.33. The van der Waals surface area contributed by atoms with Gasteiger partial charge in [-0.1, -0.05) is 0 Å². The van der Waals surface area contributed by atoms with E-state index in [2.05, 4.69) is 0 Å². The summed E-state index contributed by atoms with van der Waals surface area (Å²) < 4.78 is 28.8. The van der Waals surface area contributed by atoms with Gasteiger partial charge in [-0.15, -0.1) is 0 Å². The molecule has 4 saturated carbocycles. The monoisotopic (exact) mass is 282 g/mol. The summed E-state index contributed by atoms with van der Waals surface area (Å²) in [5.41, 5.74) is -1.46. The van der Waals surface area contributed by atoms with Crippen molar-refractivity contribution in [1.29, 1.82) is 0 Å². The van der Waals surface area contributed by atoms with Crippen molar-refractivity contribution in [2.75, 3.05) is 6.61 Å². The fraction of sp³-hybridized carbons (Fsp3) is 0.846. The SMILES string of the molecule is O=C(OC[C-](F)F)C12CC3CC(CC(O)(C3)C1)C2.[Na+]. The van der Waals surface area contributed by atoms with Gasteiger partial charge in [0.1, 0.15) is 0 Å². The first-order chi connectivity index (χ1) is 8.41. The first kappa shape index (κ1) is 15.7. The van der Waals surface area contributed by atoms with Gasteiger partial charge < -0.3 is 18.6 Å². The maximum absolute atomic E-state index is 12.1. The van der Waals surface area contributed by atoms with Crippen molar-refractivity contribution >= 4 is 5.97 Å². The molecule has 0 amide bonds. The zero-order chi connectivity index (χ0) is 13.0. The van der Waals surface area contributed by atoms with Crippen molar-refractivity contribution < 1.29 is 53.0 Å². The molecule has 4 fully saturated rings. The molecule has 6 heteroatoms. The predicted molar refractivity (Wildman–Crippen MR) is 58.5 cm³/mol. The number of hydrogen-bond acceptors (Lipinski definition) is 3. The zero-order valence-corrected chi connectivity index (χ0v) is 13.1. The van der Waals surface area contributed by atoms with E-state index in [1.165, 1.54) is 0 Å². The number of ether oxygens (including phenoxy) is 1. The smallest absolute Gasteiger partial charge is 0.493 e. The Labute approximate surface area is 133 Å². The summed E-state index contributed by atoms with van der Waals surface area (Å²) in [5.74, 6) is 0.161. The van der Waals surface area contributed by atoms with Gasteiger partial charge in [0.2, 0.25) is 0 Å². The number of esters is 1. The van der Waals surface area contributed by atoms with Crippen LogP contribution in [0.25, 0.3) is 0 Å². The standard InChI is InChI=1S/C13H17F2O3.Na/c14-10(15)6-18-11(16)12-2-8-1-9(3-12)5-13(17,4-8)7-12;/h8-9,17H,1-7H2;/q-1;+1. The first-order valence-electron chi connectivity index (χ1n) is 6.47. The molecule has 2 unspecified atom stereocenters. The molecular formula is C13H17F2NaO3. The van der Waals surface area contributed by atoms with Crippen molar-refractivity contribution in [1.82, 2.24) is 0 Å². The number of hydrogen-bond donors (Lipinski definition) is 1. The molecule has 0 aromatic carbocycles. The van der Waals surface area contributed by atoms with Crippen LogP contribution < -0.4 is 29.6 Å². The third-order valence-corrected chi connectivity index (χ3v) is 4.78. The molecule has 1 N–H and O–H groups in total. The fourth-order valence-corrected chi connectivity index (χ4v) is 4.73. The Hall–Kier alpha value is 0.290. The summed E-state index contributed by atoms with van der Waals surface area (Å²) in [4.78, 5) is 12.1. The minimum atomic E-state index is -1.88. The molecule has 0 aromatic heterocycles. The van der Waals surface area contributed by atoms with E-state index in [1.54, 1.807) is 0 Å². The first-order valence-corrected chi connectivity index (χ1v) is 6.47. The Morgan fingerprint density at radius 1 is 1.26 bits per heavy atom. The molecule has 3 nitrogen and oxygen atoms in total. The van der Waals surface area contributed by atoms with E-state index in [9.17, 15) is 18.7 Å². The van der Waals surface area contributed by atoms with Crippen LogP contribution in [-0.4, -0.2) is 23.3 Å². The quantitative estimate of drug-likeness (QED) is 0.423. The van der Waals surface area contributed by atoms with Crippen molar-refractivity contribution in [3.05, 3.63) is 6.43 Å². The molecule has 0 radical (unpaired) electrons. The van der Waals surface area contributed by atoms with Crippen LogP contribution in [0, 0.1) is 23.7 Å². The van der Waals surface area contributed by atoms with Gasteiger partial charge in [0.25, 0.3) is 0 Å². The molecule has 0 aromatic rings. The second-order valence-corrected chi connectivity index (χ2v) is 6.38. The third-order valence-electron chi connectivity index (χ3n) is 4.78. The van der Waals surface area contributed by atoms with E-state index < -0.39 is 30.0 Å². The molecule has 4 aliphatic rings. The van der Waals surface area contributed by atoms with E-state index in [1.807, 2.05) is 0 Å². The summed E-state index contributed by atoms with van der Waals surface area (Å²) >= 11 is 0. The minimum Gasteiger partial charge on any atom is -0.493 e. The molecule has 4 bridgehead atoms. The van der Waals surface area contributed by atoms with Crippen LogP contribution in [-0.2, 0) is 9.53 Å². The van der Waals surface area contributed by atoms with Gasteiger partial charge in [-0.25, -0.2) is 0 Å². The van der Waals surface area contributed by atoms with Crippen LogP contribution >= 0.6 is 0 Å². The number of carbonyl (C=O) groups excluding carboxylic acids is 1. The van der Waals surface area contributed by atoms with Gasteiger partial charge in [-0.2, -0.15) is 0 Å². The van der Waals surface area contributed by atoms with Gasteiger partial charge in [0.05, 0.1) is 11.0 Å². The normalized spacial score (nSPS) is 43.2. The molecule has 19 heavy (non-hydrogen) atoms. The maximum Gasteiger partial charge on any atom is 1.00 e. The van der Waals surface area contributed by atoms with Crippen LogP contribution in [0.2, 0.25) is 0 Å². The van der Waals surface area contributed by atoms with Crippen LogP contribution in [0.3, 0.4) is 0 Å². The number of halogens is 2. The van der Waals surface area contributed by atoms with Crippen molar-refractivity contribution in [3.8, 4) is 0 Å². The molecule has 0 heterocycles. The Bertz CT molecular complexity index is 361. The molecular weight excluding hydrogens is 265 g/mol. The second-order valence-electron chi connectivity index (χ2n) is 6.38. The Balaban J connectivity index is 0.00000133. The number of rotatable bonds is 3. The Morgan fingerprint density at radius 3 is 2.32 bits per heavy atom. The van der Waals surface area contributed by atoms with Crippen LogP contribution in [0.1, 0.15) is 38.5 Å². The molecule has 0 spiro atoms. The van der Waals surface area contributed by atoms with Gasteiger partial charge in [0, 0.05) is 13.0 Å². The average molecular weight is 282 g/mol. The summed E-state index contributed by atoms with van der Waals surface area (Å²) in [6.45, 7) is -0.908. The topological polar surface area (TPSA) is 46.5 Å². The molecule has 0 saturated heterocycles. The van der Waals surface area contributed by atoms with Gasteiger partial charge in [-0.05, 0) is 50.4 Å². The van der Waals surface area contributed by atoms with E-state index >= 15 is 0 Å². The van der Waals surface area contributed by atoms with E-state index in [0.717, 1.165) is 19.3 Å². The van der Waals surface area contributed by atoms with E-state index in [-0.39, 0.29) is 29.6 Å². The van der Waals surface area contributed by atoms with Gasteiger partial charge >= 0.3 is 35.5 Å². The second kappa shape index (κ2) is 5.24. The largest absolute Gasteiger partial charge is 1.00 e. The molecule has 4 aliphatic carbocycles. The van der Waals surface area contributed by atoms with Crippen molar-refractivity contribution in [2.24, 2.45) is 17.3 Å².